The van der Waals surface area contributed by atoms with E-state index in [4.69, 9.17) is 15.3 Å². The molecule has 0 unspecified atom stereocenters. The van der Waals surface area contributed by atoms with Gasteiger partial charge in [-0.25, -0.2) is 0 Å². The Morgan fingerprint density at radius 1 is 0.786 bits per heavy atom. The molecule has 0 spiro atoms. The topological polar surface area (TPSA) is 101 Å². The maximum atomic E-state index is 13.2. The van der Waals surface area contributed by atoms with Crippen LogP contribution in [-0.4, -0.2) is 48.7 Å². The number of anilines is 2. The summed E-state index contributed by atoms with van der Waals surface area (Å²) in [6, 6.07) is 9.99. The molecule has 2 aliphatic rings. The minimum atomic E-state index is -4.64. The number of halogens is 6. The molecular formula is C29H29F6N5O2. The molecule has 1 aliphatic heterocycles. The Labute approximate surface area is 239 Å². The summed E-state index contributed by atoms with van der Waals surface area (Å²) in [5, 5.41) is 24.1. The first-order valence-electron chi connectivity index (χ1n) is 13.5. The van der Waals surface area contributed by atoms with Crippen LogP contribution >= 0.6 is 0 Å². The van der Waals surface area contributed by atoms with Crippen molar-refractivity contribution in [1.82, 2.24) is 4.90 Å². The molecule has 42 heavy (non-hydrogen) atoms. The summed E-state index contributed by atoms with van der Waals surface area (Å²) in [6.45, 7) is 0.739. The molecule has 0 aromatic heterocycles. The van der Waals surface area contributed by atoms with E-state index in [1.54, 1.807) is 17.0 Å². The van der Waals surface area contributed by atoms with Crippen molar-refractivity contribution >= 4 is 17.3 Å². The maximum Gasteiger partial charge on any atom is 0.417 e. The van der Waals surface area contributed by atoms with E-state index in [0.29, 0.717) is 57.3 Å². The number of hydrogen-bond donors (Lipinski definition) is 2. The molecule has 2 N–H and O–H groups in total. The molecule has 2 aromatic rings. The Hall–Kier alpha value is -3.97. The summed E-state index contributed by atoms with van der Waals surface area (Å²) >= 11 is 0. The molecule has 0 radical (unpaired) electrons. The molecule has 1 saturated carbocycles. The van der Waals surface area contributed by atoms with E-state index in [1.807, 2.05) is 0 Å². The van der Waals surface area contributed by atoms with Crippen LogP contribution in [0, 0.1) is 22.7 Å². The molecule has 7 nitrogen and oxygen atoms in total. The third-order valence-electron chi connectivity index (χ3n) is 7.60. The molecule has 1 saturated heterocycles. The van der Waals surface area contributed by atoms with Crippen molar-refractivity contribution < 1.29 is 35.9 Å². The fraction of sp³-hybridized carbons (Fsp3) is 0.483. The number of alkyl halides is 6. The van der Waals surface area contributed by atoms with Gasteiger partial charge in [-0.2, -0.15) is 36.9 Å². The quantitative estimate of drug-likeness (QED) is 0.365. The normalized spacial score (nSPS) is 20.0. The number of amides is 1. The molecule has 0 bridgehead atoms. The van der Waals surface area contributed by atoms with Gasteiger partial charge < -0.3 is 20.3 Å². The number of nitrogens with zero attached hydrogens (tertiary/aromatic N) is 3. The van der Waals surface area contributed by atoms with Gasteiger partial charge in [-0.3, -0.25) is 4.79 Å². The van der Waals surface area contributed by atoms with Crippen LogP contribution in [-0.2, 0) is 21.9 Å². The largest absolute Gasteiger partial charge is 0.417 e. The zero-order valence-corrected chi connectivity index (χ0v) is 22.5. The third kappa shape index (κ3) is 7.85. The second kappa shape index (κ2) is 12.9. The lowest BCUT2D eigenvalue weighted by molar-refractivity contribution is -0.140. The highest BCUT2D eigenvalue weighted by Gasteiger charge is 2.35. The van der Waals surface area contributed by atoms with Crippen molar-refractivity contribution in [1.29, 1.82) is 10.5 Å². The molecule has 1 amide bonds. The summed E-state index contributed by atoms with van der Waals surface area (Å²) in [6.07, 6.45) is -5.81. The number of benzene rings is 2. The molecule has 1 aliphatic carbocycles. The van der Waals surface area contributed by atoms with Crippen molar-refractivity contribution in [3.8, 4) is 12.1 Å². The predicted molar refractivity (Wildman–Crippen MR) is 141 cm³/mol. The molecule has 1 heterocycles. The van der Waals surface area contributed by atoms with E-state index in [1.165, 1.54) is 12.1 Å². The molecule has 2 fully saturated rings. The van der Waals surface area contributed by atoms with Crippen LogP contribution in [0.1, 0.15) is 60.8 Å². The average molecular weight is 594 g/mol. The summed E-state index contributed by atoms with van der Waals surface area (Å²) in [5.41, 5.74) is -2.28. The van der Waals surface area contributed by atoms with Crippen molar-refractivity contribution in [3.05, 3.63) is 58.7 Å². The maximum absolute atomic E-state index is 13.2. The monoisotopic (exact) mass is 593 g/mol. The zero-order chi connectivity index (χ0) is 30.5. The molecule has 0 atom stereocenters. The number of piperidine rings is 1. The fourth-order valence-corrected chi connectivity index (χ4v) is 5.33. The molecule has 224 valence electrons. The van der Waals surface area contributed by atoms with E-state index in [9.17, 15) is 31.1 Å². The fourth-order valence-electron chi connectivity index (χ4n) is 5.33. The third-order valence-corrected chi connectivity index (χ3v) is 7.60. The van der Waals surface area contributed by atoms with E-state index in [-0.39, 0.29) is 36.4 Å². The SMILES string of the molecule is N#Cc1ccc(NC2CCC(OCC(=O)N3CCC(Nc4ccc(C#N)c(C(F)(F)F)c4)CC3)CC2)cc1C(F)(F)F. The summed E-state index contributed by atoms with van der Waals surface area (Å²) in [7, 11) is 0. The van der Waals surface area contributed by atoms with Crippen molar-refractivity contribution in [2.75, 3.05) is 30.3 Å². The van der Waals surface area contributed by atoms with E-state index in [2.05, 4.69) is 10.6 Å². The number of nitrogens with one attached hydrogen (secondary N) is 2. The number of hydrogen-bond acceptors (Lipinski definition) is 6. The first kappa shape index (κ1) is 31.0. The van der Waals surface area contributed by atoms with Gasteiger partial charge in [0.1, 0.15) is 6.61 Å². The number of carbonyl (C=O) groups is 1. The van der Waals surface area contributed by atoms with Crippen molar-refractivity contribution in [2.45, 2.75) is 69.1 Å². The first-order valence-corrected chi connectivity index (χ1v) is 13.5. The number of nitriles is 2. The molecule has 2 aromatic carbocycles. The number of likely N-dealkylation sites (tertiary alicyclic amines) is 1. The lowest BCUT2D eigenvalue weighted by atomic mass is 9.92. The summed E-state index contributed by atoms with van der Waals surface area (Å²) < 4.78 is 85.3. The van der Waals surface area contributed by atoms with Crippen LogP contribution in [0.3, 0.4) is 0 Å². The molecule has 4 rings (SSSR count). The van der Waals surface area contributed by atoms with Crippen molar-refractivity contribution in [2.24, 2.45) is 0 Å². The Morgan fingerprint density at radius 2 is 1.24 bits per heavy atom. The molecular weight excluding hydrogens is 564 g/mol. The lowest BCUT2D eigenvalue weighted by Gasteiger charge is -2.34. The highest BCUT2D eigenvalue weighted by Crippen LogP contribution is 2.35. The first-order chi connectivity index (χ1) is 19.9. The van der Waals surface area contributed by atoms with E-state index < -0.39 is 34.6 Å². The second-order valence-corrected chi connectivity index (χ2v) is 10.5. The second-order valence-electron chi connectivity index (χ2n) is 10.5. The molecule has 13 heteroatoms. The van der Waals surface area contributed by atoms with Gasteiger partial charge in [0.05, 0.1) is 40.5 Å². The van der Waals surface area contributed by atoms with E-state index in [0.717, 1.165) is 24.3 Å². The van der Waals surface area contributed by atoms with Crippen LogP contribution in [0.15, 0.2) is 36.4 Å². The van der Waals surface area contributed by atoms with Gasteiger partial charge in [0, 0.05) is 36.5 Å². The van der Waals surface area contributed by atoms with Crippen LogP contribution in [0.25, 0.3) is 0 Å². The van der Waals surface area contributed by atoms with Gasteiger partial charge >= 0.3 is 12.4 Å². The highest BCUT2D eigenvalue weighted by molar-refractivity contribution is 5.77. The van der Waals surface area contributed by atoms with Crippen molar-refractivity contribution in [3.63, 3.8) is 0 Å². The Balaban J connectivity index is 1.19. The Bertz CT molecular complexity index is 1350. The van der Waals surface area contributed by atoms with Gasteiger partial charge in [-0.05, 0) is 74.9 Å². The number of ether oxygens (including phenoxy) is 1. The van der Waals surface area contributed by atoms with Gasteiger partial charge in [0.25, 0.3) is 0 Å². The van der Waals surface area contributed by atoms with Gasteiger partial charge in [-0.1, -0.05) is 0 Å². The van der Waals surface area contributed by atoms with Gasteiger partial charge in [0.15, 0.2) is 0 Å². The van der Waals surface area contributed by atoms with Crippen LogP contribution in [0.2, 0.25) is 0 Å². The van der Waals surface area contributed by atoms with E-state index >= 15 is 0 Å². The summed E-state index contributed by atoms with van der Waals surface area (Å²) in [5.74, 6) is -0.177. The Kier molecular flexibility index (Phi) is 9.52. The predicted octanol–water partition coefficient (Wildman–Crippen LogP) is 6.31. The zero-order valence-electron chi connectivity index (χ0n) is 22.5. The van der Waals surface area contributed by atoms with Crippen LogP contribution < -0.4 is 10.6 Å². The minimum absolute atomic E-state index is 0.0654. The Morgan fingerprint density at radius 3 is 1.67 bits per heavy atom. The highest BCUT2D eigenvalue weighted by atomic mass is 19.4. The summed E-state index contributed by atoms with van der Waals surface area (Å²) in [4.78, 5) is 14.4. The standard InChI is InChI=1S/C29H29F6N5O2/c30-28(31,32)25-13-22(3-1-18(25)15-36)38-20-5-7-24(8-6-20)42-17-27(41)40-11-9-21(10-12-40)39-23-4-2-19(16-37)26(14-23)29(33,34)35/h1-4,13-14,20-21,24,38-39H,5-12,17H2. The van der Waals surface area contributed by atoms with Crippen LogP contribution in [0.4, 0.5) is 37.7 Å². The van der Waals surface area contributed by atoms with Gasteiger partial charge in [0.2, 0.25) is 5.91 Å². The minimum Gasteiger partial charge on any atom is -0.382 e. The number of rotatable bonds is 7. The van der Waals surface area contributed by atoms with Crippen LogP contribution in [0.5, 0.6) is 0 Å². The smallest absolute Gasteiger partial charge is 0.382 e. The number of carbonyl (C=O) groups excluding carboxylic acids is 1. The average Bonchev–Trinajstić information content (AvgIpc) is 2.96. The van der Waals surface area contributed by atoms with Gasteiger partial charge in [-0.15, -0.1) is 0 Å². The lowest BCUT2D eigenvalue weighted by Crippen LogP contribution is -2.44.